The van der Waals surface area contributed by atoms with Crippen LogP contribution in [0.5, 0.6) is 0 Å². The average molecular weight is 283 g/mol. The maximum Gasteiger partial charge on any atom is 0.410 e. The highest BCUT2D eigenvalue weighted by Crippen LogP contribution is 2.23. The number of carbonyl (C=O) groups is 1. The molecular formula is C15H20FNO3. The molecule has 0 unspecified atom stereocenters. The molecule has 1 fully saturated rings. The van der Waals surface area contributed by atoms with Crippen LogP contribution in [0.15, 0.2) is 24.3 Å². The molecule has 110 valence electrons. The van der Waals surface area contributed by atoms with Crippen molar-refractivity contribution in [1.29, 1.82) is 0 Å². The third-order valence-corrected chi connectivity index (χ3v) is 2.74. The van der Waals surface area contributed by atoms with Crippen molar-refractivity contribution in [2.75, 3.05) is 19.6 Å². The minimum atomic E-state index is -1.95. The van der Waals surface area contributed by atoms with Gasteiger partial charge in [-0.05, 0) is 38.5 Å². The van der Waals surface area contributed by atoms with Gasteiger partial charge in [-0.15, -0.1) is 0 Å². The van der Waals surface area contributed by atoms with Gasteiger partial charge in [0.05, 0.1) is 15.9 Å². The zero-order chi connectivity index (χ0) is 16.5. The van der Waals surface area contributed by atoms with E-state index in [0.717, 1.165) is 4.90 Å². The fourth-order valence-electron chi connectivity index (χ4n) is 1.83. The van der Waals surface area contributed by atoms with Crippen molar-refractivity contribution < 1.29 is 21.4 Å². The molecule has 1 saturated heterocycles. The summed E-state index contributed by atoms with van der Waals surface area (Å²) in [5, 5.41) is 0. The molecule has 1 aromatic rings. The maximum atomic E-state index is 13.0. The Balaban J connectivity index is 2.16. The van der Waals surface area contributed by atoms with E-state index in [1.807, 2.05) is 0 Å². The van der Waals surface area contributed by atoms with Gasteiger partial charge in [0.25, 0.3) is 0 Å². The topological polar surface area (TPSA) is 38.8 Å². The van der Waals surface area contributed by atoms with E-state index in [2.05, 4.69) is 0 Å². The van der Waals surface area contributed by atoms with Crippen LogP contribution in [-0.4, -0.2) is 36.2 Å². The largest absolute Gasteiger partial charge is 0.444 e. The van der Waals surface area contributed by atoms with Crippen molar-refractivity contribution in [3.05, 3.63) is 35.6 Å². The van der Waals surface area contributed by atoms with Gasteiger partial charge in [0, 0.05) is 6.50 Å². The molecule has 0 bridgehead atoms. The number of amides is 1. The first-order valence-electron chi connectivity index (χ1n) is 7.46. The molecule has 0 N–H and O–H groups in total. The van der Waals surface area contributed by atoms with Crippen molar-refractivity contribution in [3.8, 4) is 0 Å². The molecule has 1 aromatic carbocycles. The Morgan fingerprint density at radius 2 is 2.10 bits per heavy atom. The Bertz CT molecular complexity index is 543. The number of hydrogen-bond acceptors (Lipinski definition) is 3. The lowest BCUT2D eigenvalue weighted by Gasteiger charge is -2.34. The number of carbonyl (C=O) groups excluding carboxylic acids is 1. The van der Waals surface area contributed by atoms with Gasteiger partial charge >= 0.3 is 6.09 Å². The molecule has 0 aromatic heterocycles. The van der Waals surface area contributed by atoms with Gasteiger partial charge in [0.1, 0.15) is 17.5 Å². The predicted octanol–water partition coefficient (Wildman–Crippen LogP) is 3.13. The van der Waals surface area contributed by atoms with Crippen LogP contribution in [0.25, 0.3) is 0 Å². The van der Waals surface area contributed by atoms with Crippen molar-refractivity contribution in [3.63, 3.8) is 0 Å². The number of hydrogen-bond donors (Lipinski definition) is 0. The van der Waals surface area contributed by atoms with Gasteiger partial charge in [-0.1, -0.05) is 12.1 Å². The molecule has 1 atom stereocenters. The van der Waals surface area contributed by atoms with Gasteiger partial charge < -0.3 is 14.4 Å². The highest BCUT2D eigenvalue weighted by Gasteiger charge is 2.28. The van der Waals surface area contributed by atoms with Crippen LogP contribution in [0, 0.1) is 5.82 Å². The standard InChI is InChI=1S/C15H20FNO3/c1-15(2,3)20-14(18)17-8-9-19-13(10-17)11-4-6-12(16)7-5-11/h4-7,13H,8-10H2,1-3H3/t13-/m0/s1/i8D2. The maximum absolute atomic E-state index is 13.0. The van der Waals surface area contributed by atoms with E-state index in [4.69, 9.17) is 12.2 Å². The lowest BCUT2D eigenvalue weighted by atomic mass is 10.1. The van der Waals surface area contributed by atoms with E-state index < -0.39 is 24.3 Å². The Hall–Kier alpha value is -1.62. The lowest BCUT2D eigenvalue weighted by Crippen LogP contribution is -2.44. The minimum absolute atomic E-state index is 0.00749. The molecule has 0 aliphatic carbocycles. The second-order valence-electron chi connectivity index (χ2n) is 5.60. The Labute approximate surface area is 121 Å². The molecule has 1 heterocycles. The predicted molar refractivity (Wildman–Crippen MR) is 72.9 cm³/mol. The highest BCUT2D eigenvalue weighted by molar-refractivity contribution is 5.68. The monoisotopic (exact) mass is 283 g/mol. The average Bonchev–Trinajstić information content (AvgIpc) is 2.37. The molecule has 4 nitrogen and oxygen atoms in total. The number of ether oxygens (including phenoxy) is 2. The van der Waals surface area contributed by atoms with Crippen LogP contribution in [0.2, 0.25) is 0 Å². The van der Waals surface area contributed by atoms with E-state index in [-0.39, 0.29) is 19.0 Å². The van der Waals surface area contributed by atoms with Crippen LogP contribution in [0.1, 0.15) is 35.2 Å². The number of nitrogens with zero attached hydrogens (tertiary/aromatic N) is 1. The molecule has 5 heteroatoms. The molecule has 1 aliphatic heterocycles. The van der Waals surface area contributed by atoms with Gasteiger partial charge in [0.2, 0.25) is 0 Å². The van der Waals surface area contributed by atoms with Crippen molar-refractivity contribution >= 4 is 6.09 Å². The summed E-state index contributed by atoms with van der Waals surface area (Å²) in [5.41, 5.74) is -0.0259. The van der Waals surface area contributed by atoms with Crippen LogP contribution in [-0.2, 0) is 9.47 Å². The van der Waals surface area contributed by atoms with Crippen molar-refractivity contribution in [2.45, 2.75) is 32.5 Å². The quantitative estimate of drug-likeness (QED) is 0.795. The SMILES string of the molecule is [2H]C1([2H])CO[C@H](c2ccc(F)cc2)CN1C(=O)OC(C)(C)C. The summed E-state index contributed by atoms with van der Waals surface area (Å²) in [6.45, 7) is 2.95. The Morgan fingerprint density at radius 1 is 1.45 bits per heavy atom. The third kappa shape index (κ3) is 3.93. The second-order valence-corrected chi connectivity index (χ2v) is 5.60. The number of rotatable bonds is 1. The lowest BCUT2D eigenvalue weighted by molar-refractivity contribution is -0.0433. The van der Waals surface area contributed by atoms with Gasteiger partial charge in [-0.2, -0.15) is 0 Å². The summed E-state index contributed by atoms with van der Waals surface area (Å²) < 4.78 is 39.5. The number of benzene rings is 1. The normalized spacial score (nSPS) is 23.8. The fraction of sp³-hybridized carbons (Fsp3) is 0.533. The van der Waals surface area contributed by atoms with Crippen LogP contribution >= 0.6 is 0 Å². The van der Waals surface area contributed by atoms with Gasteiger partial charge in [-0.25, -0.2) is 9.18 Å². The zero-order valence-corrected chi connectivity index (χ0v) is 11.9. The summed E-state index contributed by atoms with van der Waals surface area (Å²) in [7, 11) is 0. The van der Waals surface area contributed by atoms with E-state index in [0.29, 0.717) is 5.56 Å². The first-order valence-corrected chi connectivity index (χ1v) is 6.46. The third-order valence-electron chi connectivity index (χ3n) is 2.74. The zero-order valence-electron chi connectivity index (χ0n) is 13.9. The van der Waals surface area contributed by atoms with Gasteiger partial charge in [-0.3, -0.25) is 0 Å². The molecule has 1 amide bonds. The van der Waals surface area contributed by atoms with Crippen LogP contribution in [0.4, 0.5) is 9.18 Å². The molecule has 20 heavy (non-hydrogen) atoms. The molecule has 1 aliphatic rings. The van der Waals surface area contributed by atoms with Crippen LogP contribution in [0.3, 0.4) is 0 Å². The Kier molecular flexibility index (Phi) is 3.52. The summed E-state index contributed by atoms with van der Waals surface area (Å²) in [6.07, 6.45) is -1.25. The van der Waals surface area contributed by atoms with Crippen molar-refractivity contribution in [2.24, 2.45) is 0 Å². The number of halogens is 1. The molecule has 0 saturated carbocycles. The number of morpholine rings is 1. The molecular weight excluding hydrogens is 261 g/mol. The summed E-state index contributed by atoms with van der Waals surface area (Å²) in [5.74, 6) is -0.362. The summed E-state index contributed by atoms with van der Waals surface area (Å²) in [6, 6.07) is 5.74. The van der Waals surface area contributed by atoms with E-state index in [1.165, 1.54) is 12.1 Å². The van der Waals surface area contributed by atoms with Gasteiger partial charge in [0.15, 0.2) is 0 Å². The van der Waals surface area contributed by atoms with Crippen LogP contribution < -0.4 is 0 Å². The van der Waals surface area contributed by atoms with Crippen molar-refractivity contribution in [1.82, 2.24) is 4.90 Å². The fourth-order valence-corrected chi connectivity index (χ4v) is 1.83. The second kappa shape index (κ2) is 5.79. The first kappa shape index (κ1) is 12.1. The first-order chi connectivity index (χ1) is 10.1. The Morgan fingerprint density at radius 3 is 2.70 bits per heavy atom. The van der Waals surface area contributed by atoms with E-state index >= 15 is 0 Å². The van der Waals surface area contributed by atoms with E-state index in [9.17, 15) is 9.18 Å². The summed E-state index contributed by atoms with van der Waals surface area (Å²) >= 11 is 0. The van der Waals surface area contributed by atoms with E-state index in [1.54, 1.807) is 32.9 Å². The molecule has 0 spiro atoms. The molecule has 0 radical (unpaired) electrons. The smallest absolute Gasteiger partial charge is 0.410 e. The minimum Gasteiger partial charge on any atom is -0.444 e. The highest BCUT2D eigenvalue weighted by atomic mass is 19.1. The summed E-state index contributed by atoms with van der Waals surface area (Å²) in [4.78, 5) is 13.2. The molecule has 2 rings (SSSR count).